The van der Waals surface area contributed by atoms with E-state index in [2.05, 4.69) is 10.6 Å². The van der Waals surface area contributed by atoms with Gasteiger partial charge in [-0.1, -0.05) is 0 Å². The predicted molar refractivity (Wildman–Crippen MR) is 94.5 cm³/mol. The van der Waals surface area contributed by atoms with E-state index in [1.54, 1.807) is 17.0 Å². The average Bonchev–Trinajstić information content (AvgIpc) is 3.21. The van der Waals surface area contributed by atoms with E-state index in [1.807, 2.05) is 0 Å². The summed E-state index contributed by atoms with van der Waals surface area (Å²) in [4.78, 5) is 37.8. The van der Waals surface area contributed by atoms with E-state index in [4.69, 9.17) is 4.42 Å². The van der Waals surface area contributed by atoms with Gasteiger partial charge in [-0.05, 0) is 37.1 Å². The monoisotopic (exact) mass is 391 g/mol. The summed E-state index contributed by atoms with van der Waals surface area (Å²) >= 11 is 0. The first-order chi connectivity index (χ1) is 13.4. The molecule has 0 bridgehead atoms. The maximum Gasteiger partial charge on any atom is 0.289 e. The van der Waals surface area contributed by atoms with Crippen LogP contribution in [0.4, 0.5) is 8.78 Å². The van der Waals surface area contributed by atoms with Crippen LogP contribution in [-0.4, -0.2) is 48.3 Å². The first kappa shape index (κ1) is 19.5. The highest BCUT2D eigenvalue weighted by molar-refractivity contribution is 5.96. The second-order valence-electron chi connectivity index (χ2n) is 6.42. The molecule has 0 radical (unpaired) electrons. The van der Waals surface area contributed by atoms with Crippen LogP contribution in [0.3, 0.4) is 0 Å². The molecule has 0 aliphatic carbocycles. The molecule has 7 nitrogen and oxygen atoms in total. The number of carbonyl (C=O) groups excluding carboxylic acids is 3. The van der Waals surface area contributed by atoms with Crippen LogP contribution in [0, 0.1) is 11.6 Å². The van der Waals surface area contributed by atoms with Gasteiger partial charge in [0.25, 0.3) is 11.8 Å². The molecule has 0 spiro atoms. The van der Waals surface area contributed by atoms with Crippen LogP contribution in [0.2, 0.25) is 0 Å². The molecule has 2 aromatic rings. The van der Waals surface area contributed by atoms with Crippen LogP contribution in [0.5, 0.6) is 0 Å². The van der Waals surface area contributed by atoms with Crippen LogP contribution < -0.4 is 10.6 Å². The van der Waals surface area contributed by atoms with E-state index >= 15 is 0 Å². The molecule has 2 heterocycles. The molecular weight excluding hydrogens is 372 g/mol. The van der Waals surface area contributed by atoms with Gasteiger partial charge in [0.2, 0.25) is 5.91 Å². The van der Waals surface area contributed by atoms with Gasteiger partial charge in [0, 0.05) is 25.2 Å². The highest BCUT2D eigenvalue weighted by Crippen LogP contribution is 2.14. The van der Waals surface area contributed by atoms with Gasteiger partial charge in [-0.3, -0.25) is 14.4 Å². The zero-order chi connectivity index (χ0) is 20.1. The van der Waals surface area contributed by atoms with Crippen molar-refractivity contribution < 1.29 is 27.6 Å². The predicted octanol–water partition coefficient (Wildman–Crippen LogP) is 1.71. The van der Waals surface area contributed by atoms with Crippen LogP contribution in [-0.2, 0) is 4.79 Å². The third-order valence-electron chi connectivity index (χ3n) is 4.46. The first-order valence-corrected chi connectivity index (χ1v) is 8.79. The Kier molecular flexibility index (Phi) is 6.03. The van der Waals surface area contributed by atoms with E-state index in [1.165, 1.54) is 6.26 Å². The number of halogens is 2. The second-order valence-corrected chi connectivity index (χ2v) is 6.42. The number of carbonyl (C=O) groups is 3. The molecule has 0 unspecified atom stereocenters. The lowest BCUT2D eigenvalue weighted by Gasteiger charge is -2.31. The molecule has 0 atom stereocenters. The number of hydrogen-bond acceptors (Lipinski definition) is 4. The number of piperidine rings is 1. The van der Waals surface area contributed by atoms with Crippen molar-refractivity contribution in [2.24, 2.45) is 0 Å². The number of furan rings is 1. The van der Waals surface area contributed by atoms with Crippen LogP contribution in [0.15, 0.2) is 41.0 Å². The van der Waals surface area contributed by atoms with Crippen molar-refractivity contribution in [2.45, 2.75) is 18.9 Å². The van der Waals surface area contributed by atoms with E-state index in [-0.39, 0.29) is 29.8 Å². The maximum absolute atomic E-state index is 13.6. The highest BCUT2D eigenvalue weighted by Gasteiger charge is 2.26. The lowest BCUT2D eigenvalue weighted by Crippen LogP contribution is -2.48. The summed E-state index contributed by atoms with van der Waals surface area (Å²) in [5.74, 6) is -2.92. The normalized spacial score (nSPS) is 14.6. The molecule has 1 aromatic carbocycles. The van der Waals surface area contributed by atoms with Crippen molar-refractivity contribution in [2.75, 3.05) is 19.6 Å². The topological polar surface area (TPSA) is 91.7 Å². The van der Waals surface area contributed by atoms with E-state index in [0.29, 0.717) is 32.0 Å². The number of rotatable bonds is 5. The van der Waals surface area contributed by atoms with Gasteiger partial charge in [0.1, 0.15) is 11.6 Å². The zero-order valence-corrected chi connectivity index (χ0v) is 14.9. The minimum absolute atomic E-state index is 0.132. The summed E-state index contributed by atoms with van der Waals surface area (Å²) in [6, 6.07) is 5.70. The Labute approximate surface area is 159 Å². The lowest BCUT2D eigenvalue weighted by atomic mass is 10.0. The molecule has 2 N–H and O–H groups in total. The van der Waals surface area contributed by atoms with Crippen molar-refractivity contribution in [3.63, 3.8) is 0 Å². The SMILES string of the molecule is O=C(CNC(=O)c1ccc(F)cc1F)NC1CCN(C(=O)c2ccco2)CC1. The highest BCUT2D eigenvalue weighted by atomic mass is 19.1. The smallest absolute Gasteiger partial charge is 0.289 e. The molecule has 9 heteroatoms. The number of amides is 3. The molecule has 3 rings (SSSR count). The minimum atomic E-state index is -0.994. The Morgan fingerprint density at radius 3 is 2.54 bits per heavy atom. The zero-order valence-electron chi connectivity index (χ0n) is 14.9. The molecule has 3 amide bonds. The van der Waals surface area contributed by atoms with Crippen LogP contribution in [0.25, 0.3) is 0 Å². The molecule has 1 saturated heterocycles. The summed E-state index contributed by atoms with van der Waals surface area (Å²) in [7, 11) is 0. The van der Waals surface area contributed by atoms with E-state index < -0.39 is 23.4 Å². The van der Waals surface area contributed by atoms with Gasteiger partial charge in [0.05, 0.1) is 18.4 Å². The third kappa shape index (κ3) is 4.73. The third-order valence-corrected chi connectivity index (χ3v) is 4.46. The van der Waals surface area contributed by atoms with Crippen molar-refractivity contribution >= 4 is 17.7 Å². The molecule has 1 aliphatic rings. The minimum Gasteiger partial charge on any atom is -0.459 e. The molecule has 28 heavy (non-hydrogen) atoms. The summed E-state index contributed by atoms with van der Waals surface area (Å²) in [6.45, 7) is 0.608. The maximum atomic E-state index is 13.6. The Balaban J connectivity index is 1.42. The van der Waals surface area contributed by atoms with Gasteiger partial charge in [-0.15, -0.1) is 0 Å². The lowest BCUT2D eigenvalue weighted by molar-refractivity contribution is -0.121. The van der Waals surface area contributed by atoms with Crippen molar-refractivity contribution in [1.29, 1.82) is 0 Å². The Bertz CT molecular complexity index is 862. The standard InChI is InChI=1S/C19H19F2N3O4/c20-12-3-4-14(15(21)10-12)18(26)22-11-17(25)23-13-5-7-24(8-6-13)19(27)16-2-1-9-28-16/h1-4,9-10,13H,5-8,11H2,(H,22,26)(H,23,25). The van der Waals surface area contributed by atoms with E-state index in [0.717, 1.165) is 12.1 Å². The van der Waals surface area contributed by atoms with E-state index in [9.17, 15) is 23.2 Å². The molecule has 1 fully saturated rings. The van der Waals surface area contributed by atoms with Gasteiger partial charge in [-0.2, -0.15) is 0 Å². The molecule has 148 valence electrons. The fraction of sp³-hybridized carbons (Fsp3) is 0.316. The Morgan fingerprint density at radius 2 is 1.89 bits per heavy atom. The quantitative estimate of drug-likeness (QED) is 0.812. The van der Waals surface area contributed by atoms with Crippen LogP contribution in [0.1, 0.15) is 33.8 Å². The fourth-order valence-electron chi connectivity index (χ4n) is 2.99. The van der Waals surface area contributed by atoms with Gasteiger partial charge >= 0.3 is 0 Å². The summed E-state index contributed by atoms with van der Waals surface area (Å²) in [5.41, 5.74) is -0.334. The van der Waals surface area contributed by atoms with Crippen molar-refractivity contribution in [3.05, 3.63) is 59.6 Å². The number of nitrogens with zero attached hydrogens (tertiary/aromatic N) is 1. The molecule has 0 saturated carbocycles. The fourth-order valence-corrected chi connectivity index (χ4v) is 2.99. The number of benzene rings is 1. The molecule has 1 aromatic heterocycles. The number of hydrogen-bond donors (Lipinski definition) is 2. The molecular formula is C19H19F2N3O4. The summed E-state index contributed by atoms with van der Waals surface area (Å²) in [5, 5.41) is 5.08. The number of likely N-dealkylation sites (tertiary alicyclic amines) is 1. The van der Waals surface area contributed by atoms with Crippen molar-refractivity contribution in [3.8, 4) is 0 Å². The van der Waals surface area contributed by atoms with Crippen LogP contribution >= 0.6 is 0 Å². The Hall–Kier alpha value is -3.23. The van der Waals surface area contributed by atoms with Gasteiger partial charge in [0.15, 0.2) is 5.76 Å². The van der Waals surface area contributed by atoms with Gasteiger partial charge in [-0.25, -0.2) is 8.78 Å². The first-order valence-electron chi connectivity index (χ1n) is 8.79. The second kappa shape index (κ2) is 8.64. The van der Waals surface area contributed by atoms with Crippen molar-refractivity contribution in [1.82, 2.24) is 15.5 Å². The summed E-state index contributed by atoms with van der Waals surface area (Å²) < 4.78 is 31.5. The Morgan fingerprint density at radius 1 is 1.14 bits per heavy atom. The summed E-state index contributed by atoms with van der Waals surface area (Å²) in [6.07, 6.45) is 2.57. The number of nitrogens with one attached hydrogen (secondary N) is 2. The van der Waals surface area contributed by atoms with Gasteiger partial charge < -0.3 is 20.0 Å². The largest absolute Gasteiger partial charge is 0.459 e. The average molecular weight is 391 g/mol. The molecule has 1 aliphatic heterocycles.